The highest BCUT2D eigenvalue weighted by Crippen LogP contribution is 2.14. The molecule has 0 atom stereocenters. The molecule has 0 spiro atoms. The van der Waals surface area contributed by atoms with Gasteiger partial charge in [0.15, 0.2) is 0 Å². The number of anilines is 1. The fourth-order valence-corrected chi connectivity index (χ4v) is 1.58. The van der Waals surface area contributed by atoms with Crippen LogP contribution >= 0.6 is 0 Å². The molecule has 0 aromatic heterocycles. The van der Waals surface area contributed by atoms with E-state index < -0.39 is 5.91 Å². The largest absolute Gasteiger partial charge is 0.508 e. The Kier molecular flexibility index (Phi) is 6.74. The number of nitrogens with one attached hydrogen (secondary N) is 1. The summed E-state index contributed by atoms with van der Waals surface area (Å²) in [7, 11) is 0. The average Bonchev–Trinajstić information content (AvgIpc) is 2.49. The second kappa shape index (κ2) is 8.58. The summed E-state index contributed by atoms with van der Waals surface area (Å²) in [5.74, 6) is -0.468. The van der Waals surface area contributed by atoms with Crippen molar-refractivity contribution in [1.82, 2.24) is 4.90 Å². The number of benzene rings is 1. The number of carbonyl (C=O) groups excluding carboxylic acids is 1. The molecule has 21 heavy (non-hydrogen) atoms. The van der Waals surface area contributed by atoms with Crippen molar-refractivity contribution in [1.29, 1.82) is 5.26 Å². The highest BCUT2D eigenvalue weighted by atomic mass is 16.3. The summed E-state index contributed by atoms with van der Waals surface area (Å²) in [5, 5.41) is 38.7. The first-order valence-corrected chi connectivity index (χ1v) is 6.29. The maximum atomic E-state index is 12.1. The first-order valence-electron chi connectivity index (χ1n) is 6.29. The van der Waals surface area contributed by atoms with Gasteiger partial charge in [-0.3, -0.25) is 4.79 Å². The van der Waals surface area contributed by atoms with Crippen LogP contribution in [0.15, 0.2) is 36.0 Å². The minimum absolute atomic E-state index is 0.0393. The Morgan fingerprint density at radius 3 is 2.29 bits per heavy atom. The summed E-state index contributed by atoms with van der Waals surface area (Å²) < 4.78 is 0. The van der Waals surface area contributed by atoms with Crippen LogP contribution in [0.2, 0.25) is 0 Å². The van der Waals surface area contributed by atoms with E-state index in [4.69, 9.17) is 20.6 Å². The molecule has 7 nitrogen and oxygen atoms in total. The molecular weight excluding hydrogens is 274 g/mol. The lowest BCUT2D eigenvalue weighted by atomic mass is 10.2. The lowest BCUT2D eigenvalue weighted by Crippen LogP contribution is -2.36. The van der Waals surface area contributed by atoms with Crippen LogP contribution in [0.4, 0.5) is 5.69 Å². The predicted molar refractivity (Wildman–Crippen MR) is 76.2 cm³/mol. The zero-order chi connectivity index (χ0) is 15.7. The number of carbonyl (C=O) groups is 1. The fraction of sp³-hybridized carbons (Fsp3) is 0.286. The van der Waals surface area contributed by atoms with Gasteiger partial charge in [-0.2, -0.15) is 5.26 Å². The summed E-state index contributed by atoms with van der Waals surface area (Å²) in [6.07, 6.45) is 1.25. The van der Waals surface area contributed by atoms with Crippen molar-refractivity contribution in [2.24, 2.45) is 0 Å². The van der Waals surface area contributed by atoms with Gasteiger partial charge >= 0.3 is 0 Å². The Balaban J connectivity index is 2.80. The topological polar surface area (TPSA) is 117 Å². The van der Waals surface area contributed by atoms with Crippen LogP contribution in [0.1, 0.15) is 0 Å². The normalized spacial score (nSPS) is 10.8. The Labute approximate surface area is 122 Å². The Morgan fingerprint density at radius 1 is 1.24 bits per heavy atom. The predicted octanol–water partition coefficient (Wildman–Crippen LogP) is 0.0248. The van der Waals surface area contributed by atoms with E-state index in [1.54, 1.807) is 18.2 Å². The van der Waals surface area contributed by atoms with E-state index in [1.165, 1.54) is 23.2 Å². The second-order valence-corrected chi connectivity index (χ2v) is 4.10. The molecule has 0 aliphatic rings. The number of aliphatic hydroxyl groups is 2. The molecule has 0 fully saturated rings. The molecule has 7 heteroatoms. The number of phenols is 1. The first-order chi connectivity index (χ1) is 10.1. The SMILES string of the molecule is N#C/C(=C/Nc1ccc(O)cc1)C(=O)N(CCO)CCO. The van der Waals surface area contributed by atoms with Crippen LogP contribution in [0, 0.1) is 11.3 Å². The number of rotatable bonds is 7. The van der Waals surface area contributed by atoms with Crippen molar-refractivity contribution in [3.05, 3.63) is 36.0 Å². The maximum Gasteiger partial charge on any atom is 0.266 e. The molecule has 0 saturated carbocycles. The van der Waals surface area contributed by atoms with Crippen molar-refractivity contribution < 1.29 is 20.1 Å². The van der Waals surface area contributed by atoms with Gasteiger partial charge in [-0.25, -0.2) is 0 Å². The fourth-order valence-electron chi connectivity index (χ4n) is 1.58. The van der Waals surface area contributed by atoms with Crippen LogP contribution in [0.5, 0.6) is 5.75 Å². The van der Waals surface area contributed by atoms with E-state index in [9.17, 15) is 4.79 Å². The number of hydrogen-bond acceptors (Lipinski definition) is 6. The number of phenolic OH excluding ortho intramolecular Hbond substituents is 1. The number of hydrogen-bond donors (Lipinski definition) is 4. The molecule has 0 aliphatic heterocycles. The van der Waals surface area contributed by atoms with Crippen molar-refractivity contribution in [3.8, 4) is 11.8 Å². The average molecular weight is 291 g/mol. The van der Waals surface area contributed by atoms with Crippen LogP contribution in [0.25, 0.3) is 0 Å². The number of nitriles is 1. The van der Waals surface area contributed by atoms with Gasteiger partial charge in [0.2, 0.25) is 0 Å². The van der Waals surface area contributed by atoms with Crippen LogP contribution < -0.4 is 5.32 Å². The molecule has 0 heterocycles. The molecule has 0 radical (unpaired) electrons. The van der Waals surface area contributed by atoms with Crippen molar-refractivity contribution in [2.75, 3.05) is 31.6 Å². The van der Waals surface area contributed by atoms with Gasteiger partial charge < -0.3 is 25.5 Å². The highest BCUT2D eigenvalue weighted by molar-refractivity contribution is 5.97. The third kappa shape index (κ3) is 5.14. The molecule has 1 aromatic carbocycles. The van der Waals surface area contributed by atoms with E-state index in [0.29, 0.717) is 5.69 Å². The first kappa shape index (κ1) is 16.5. The molecule has 0 saturated heterocycles. The molecule has 0 unspecified atom stereocenters. The number of amides is 1. The Bertz CT molecular complexity index is 528. The highest BCUT2D eigenvalue weighted by Gasteiger charge is 2.17. The summed E-state index contributed by atoms with van der Waals surface area (Å²) >= 11 is 0. The number of aromatic hydroxyl groups is 1. The zero-order valence-corrected chi connectivity index (χ0v) is 11.4. The summed E-state index contributed by atoms with van der Waals surface area (Å²) in [6.45, 7) is -0.430. The van der Waals surface area contributed by atoms with Crippen LogP contribution in [-0.4, -0.2) is 52.4 Å². The van der Waals surface area contributed by atoms with E-state index in [-0.39, 0.29) is 37.6 Å². The third-order valence-corrected chi connectivity index (χ3v) is 2.63. The van der Waals surface area contributed by atoms with Gasteiger partial charge in [0.05, 0.1) is 13.2 Å². The van der Waals surface area contributed by atoms with Gasteiger partial charge in [-0.1, -0.05) is 0 Å². The molecule has 1 amide bonds. The Morgan fingerprint density at radius 2 is 1.81 bits per heavy atom. The van der Waals surface area contributed by atoms with Gasteiger partial charge in [0.1, 0.15) is 17.4 Å². The van der Waals surface area contributed by atoms with Gasteiger partial charge in [-0.15, -0.1) is 0 Å². The van der Waals surface area contributed by atoms with Gasteiger partial charge in [0.25, 0.3) is 5.91 Å². The molecule has 1 aromatic rings. The van der Waals surface area contributed by atoms with Gasteiger partial charge in [0, 0.05) is 25.0 Å². The standard InChI is InChI=1S/C14H17N3O4/c15-9-11(14(21)17(5-7-18)6-8-19)10-16-12-1-3-13(20)4-2-12/h1-4,10,16,18-20H,5-8H2/b11-10-. The van der Waals surface area contributed by atoms with E-state index in [1.807, 2.05) is 0 Å². The summed E-state index contributed by atoms with van der Waals surface area (Å²) in [5.41, 5.74) is 0.453. The van der Waals surface area contributed by atoms with Crippen LogP contribution in [0.3, 0.4) is 0 Å². The molecule has 4 N–H and O–H groups in total. The monoisotopic (exact) mass is 291 g/mol. The molecule has 0 aliphatic carbocycles. The quantitative estimate of drug-likeness (QED) is 0.320. The van der Waals surface area contributed by atoms with Crippen LogP contribution in [-0.2, 0) is 4.79 Å². The second-order valence-electron chi connectivity index (χ2n) is 4.10. The van der Waals surface area contributed by atoms with E-state index in [2.05, 4.69) is 5.32 Å². The summed E-state index contributed by atoms with van der Waals surface area (Å²) in [4.78, 5) is 13.3. The minimum atomic E-state index is -0.577. The lowest BCUT2D eigenvalue weighted by molar-refractivity contribution is -0.127. The van der Waals surface area contributed by atoms with Crippen molar-refractivity contribution in [2.45, 2.75) is 0 Å². The third-order valence-electron chi connectivity index (χ3n) is 2.63. The maximum absolute atomic E-state index is 12.1. The minimum Gasteiger partial charge on any atom is -0.508 e. The molecule has 112 valence electrons. The smallest absolute Gasteiger partial charge is 0.266 e. The van der Waals surface area contributed by atoms with Gasteiger partial charge in [-0.05, 0) is 24.3 Å². The zero-order valence-electron chi connectivity index (χ0n) is 11.4. The van der Waals surface area contributed by atoms with Crippen molar-refractivity contribution in [3.63, 3.8) is 0 Å². The lowest BCUT2D eigenvalue weighted by Gasteiger charge is -2.20. The number of aliphatic hydroxyl groups excluding tert-OH is 2. The molecule has 1 rings (SSSR count). The molecule has 0 bridgehead atoms. The number of nitrogens with zero attached hydrogens (tertiary/aromatic N) is 2. The van der Waals surface area contributed by atoms with Crippen molar-refractivity contribution >= 4 is 11.6 Å². The van der Waals surface area contributed by atoms with E-state index in [0.717, 1.165) is 0 Å². The summed E-state index contributed by atoms with van der Waals surface area (Å²) in [6, 6.07) is 7.88. The molecular formula is C14H17N3O4. The Hall–Kier alpha value is -2.56. The van der Waals surface area contributed by atoms with E-state index >= 15 is 0 Å².